The Kier molecular flexibility index (Phi) is 9.23. The number of hydrogen-bond donors (Lipinski definition) is 3. The van der Waals surface area contributed by atoms with Gasteiger partial charge in [0.2, 0.25) is 5.88 Å². The number of oxime groups is 1. The number of amides is 1. The number of carbonyl (C=O) groups is 1. The second-order valence-corrected chi connectivity index (χ2v) is 9.58. The van der Waals surface area contributed by atoms with Gasteiger partial charge in [-0.15, -0.1) is 0 Å². The van der Waals surface area contributed by atoms with Crippen LogP contribution in [0, 0.1) is 17.8 Å². The molecule has 2 aliphatic carbocycles. The average molecular weight is 448 g/mol. The van der Waals surface area contributed by atoms with Crippen molar-refractivity contribution in [3.63, 3.8) is 0 Å². The first kappa shape index (κ1) is 24.4. The van der Waals surface area contributed by atoms with E-state index in [1.807, 2.05) is 0 Å². The lowest BCUT2D eigenvalue weighted by molar-refractivity contribution is 0.0880. The Balaban J connectivity index is 1.71. The molecular formula is C24H41N5O3. The number of rotatable bonds is 10. The third kappa shape index (κ3) is 6.39. The normalized spacial score (nSPS) is 24.9. The zero-order valence-electron chi connectivity index (χ0n) is 19.8. The molecule has 180 valence electrons. The van der Waals surface area contributed by atoms with Gasteiger partial charge in [-0.3, -0.25) is 4.79 Å². The molecule has 1 heterocycles. The summed E-state index contributed by atoms with van der Waals surface area (Å²) in [7, 11) is 0. The van der Waals surface area contributed by atoms with Crippen molar-refractivity contribution in [2.45, 2.75) is 97.1 Å². The fraction of sp³-hybridized carbons (Fsp3) is 0.792. The van der Waals surface area contributed by atoms with Crippen molar-refractivity contribution >= 4 is 11.7 Å². The molecule has 2 saturated carbocycles. The van der Waals surface area contributed by atoms with Crippen LogP contribution in [0.25, 0.3) is 0 Å². The van der Waals surface area contributed by atoms with Crippen LogP contribution in [0.4, 0.5) is 0 Å². The van der Waals surface area contributed by atoms with E-state index in [9.17, 15) is 4.79 Å². The predicted molar refractivity (Wildman–Crippen MR) is 125 cm³/mol. The molecule has 1 aromatic heterocycles. The van der Waals surface area contributed by atoms with Crippen LogP contribution in [0.5, 0.6) is 5.88 Å². The van der Waals surface area contributed by atoms with E-state index in [1.165, 1.54) is 51.4 Å². The molecule has 3 atom stereocenters. The van der Waals surface area contributed by atoms with E-state index in [1.54, 1.807) is 10.9 Å². The Morgan fingerprint density at radius 1 is 1.22 bits per heavy atom. The van der Waals surface area contributed by atoms with Crippen LogP contribution in [-0.4, -0.2) is 39.4 Å². The number of carbonyl (C=O) groups excluding carboxylic acids is 1. The molecule has 0 aromatic carbocycles. The minimum absolute atomic E-state index is 0.114. The number of nitrogens with zero attached hydrogens (tertiary/aromatic N) is 3. The molecule has 4 N–H and O–H groups in total. The first-order valence-corrected chi connectivity index (χ1v) is 12.5. The zero-order chi connectivity index (χ0) is 22.9. The van der Waals surface area contributed by atoms with Crippen LogP contribution in [-0.2, 0) is 6.54 Å². The van der Waals surface area contributed by atoms with Crippen molar-refractivity contribution in [2.24, 2.45) is 28.6 Å². The van der Waals surface area contributed by atoms with Gasteiger partial charge < -0.3 is 21.0 Å². The maximum atomic E-state index is 13.3. The maximum Gasteiger partial charge on any atom is 0.258 e. The van der Waals surface area contributed by atoms with Gasteiger partial charge in [-0.25, -0.2) is 4.68 Å². The molecule has 2 aliphatic rings. The molecule has 1 aromatic rings. The number of aromatic nitrogens is 2. The molecule has 8 heteroatoms. The monoisotopic (exact) mass is 447 g/mol. The lowest BCUT2D eigenvalue weighted by atomic mass is 9.76. The van der Waals surface area contributed by atoms with E-state index in [2.05, 4.69) is 29.4 Å². The van der Waals surface area contributed by atoms with E-state index in [0.29, 0.717) is 42.9 Å². The number of hydrogen-bond acceptors (Lipinski definition) is 5. The standard InChI is InChI=1S/C24H41N5O3/c1-3-17-10-11-21(19(4-2)14-17)27-23(30)20-15-26-29(13-12-22(25)28-31)24(20)32-16-18-8-6-5-7-9-18/h15,17-19,21,31H,3-14,16H2,1-2H3,(H2,25,28)(H,27,30). The molecule has 0 spiro atoms. The van der Waals surface area contributed by atoms with Crippen molar-refractivity contribution < 1.29 is 14.7 Å². The molecule has 2 fully saturated rings. The summed E-state index contributed by atoms with van der Waals surface area (Å²) >= 11 is 0. The van der Waals surface area contributed by atoms with E-state index < -0.39 is 0 Å². The quantitative estimate of drug-likeness (QED) is 0.214. The van der Waals surface area contributed by atoms with Gasteiger partial charge in [-0.1, -0.05) is 51.1 Å². The van der Waals surface area contributed by atoms with Crippen LogP contribution in [0.15, 0.2) is 11.4 Å². The largest absolute Gasteiger partial charge is 0.477 e. The van der Waals surface area contributed by atoms with Gasteiger partial charge in [0.05, 0.1) is 19.3 Å². The Bertz CT molecular complexity index is 757. The third-order valence-electron chi connectivity index (χ3n) is 7.43. The van der Waals surface area contributed by atoms with Gasteiger partial charge in [0.25, 0.3) is 5.91 Å². The van der Waals surface area contributed by atoms with Gasteiger partial charge in [0.1, 0.15) is 11.4 Å². The Morgan fingerprint density at radius 3 is 2.69 bits per heavy atom. The van der Waals surface area contributed by atoms with Gasteiger partial charge in [-0.2, -0.15) is 5.10 Å². The highest BCUT2D eigenvalue weighted by atomic mass is 16.5. The molecular weight excluding hydrogens is 406 g/mol. The SMILES string of the molecule is CCC1CCC(NC(=O)c2cnn(CC/C(N)=N/O)c2OCC2CCCCC2)C(CC)C1. The van der Waals surface area contributed by atoms with Gasteiger partial charge in [0, 0.05) is 12.5 Å². The predicted octanol–water partition coefficient (Wildman–Crippen LogP) is 4.31. The summed E-state index contributed by atoms with van der Waals surface area (Å²) in [5.41, 5.74) is 6.12. The number of ether oxygens (including phenoxy) is 1. The van der Waals surface area contributed by atoms with E-state index >= 15 is 0 Å². The summed E-state index contributed by atoms with van der Waals surface area (Å²) in [5.74, 6) is 2.30. The number of nitrogens with two attached hydrogens (primary N) is 1. The Labute approximate surface area is 191 Å². The minimum Gasteiger partial charge on any atom is -0.477 e. The van der Waals surface area contributed by atoms with Gasteiger partial charge >= 0.3 is 0 Å². The highest BCUT2D eigenvalue weighted by Gasteiger charge is 2.31. The summed E-state index contributed by atoms with van der Waals surface area (Å²) in [6.07, 6.45) is 13.7. The zero-order valence-corrected chi connectivity index (χ0v) is 19.8. The molecule has 1 amide bonds. The van der Waals surface area contributed by atoms with Gasteiger partial charge in [0.15, 0.2) is 0 Å². The Hall–Kier alpha value is -2.25. The number of amidine groups is 1. The molecule has 32 heavy (non-hydrogen) atoms. The summed E-state index contributed by atoms with van der Waals surface area (Å²) < 4.78 is 7.88. The second kappa shape index (κ2) is 12.1. The smallest absolute Gasteiger partial charge is 0.258 e. The molecule has 0 radical (unpaired) electrons. The van der Waals surface area contributed by atoms with Crippen molar-refractivity contribution in [2.75, 3.05) is 6.61 Å². The summed E-state index contributed by atoms with van der Waals surface area (Å²) in [6.45, 7) is 5.46. The van der Waals surface area contributed by atoms with Crippen LogP contribution in [0.3, 0.4) is 0 Å². The topological polar surface area (TPSA) is 115 Å². The summed E-state index contributed by atoms with van der Waals surface area (Å²) in [6, 6.07) is 0.196. The number of aryl methyl sites for hydroxylation is 1. The molecule has 8 nitrogen and oxygen atoms in total. The molecule has 3 unspecified atom stereocenters. The molecule has 3 rings (SSSR count). The van der Waals surface area contributed by atoms with Crippen LogP contribution in [0.2, 0.25) is 0 Å². The van der Waals surface area contributed by atoms with E-state index in [-0.39, 0.29) is 17.8 Å². The lowest BCUT2D eigenvalue weighted by Crippen LogP contribution is -2.43. The van der Waals surface area contributed by atoms with Crippen LogP contribution in [0.1, 0.15) is 94.8 Å². The lowest BCUT2D eigenvalue weighted by Gasteiger charge is -2.36. The second-order valence-electron chi connectivity index (χ2n) is 9.58. The molecule has 0 aliphatic heterocycles. The summed E-state index contributed by atoms with van der Waals surface area (Å²) in [5, 5.41) is 19.6. The molecule has 0 bridgehead atoms. The minimum atomic E-state index is -0.114. The van der Waals surface area contributed by atoms with E-state index in [0.717, 1.165) is 18.8 Å². The highest BCUT2D eigenvalue weighted by molar-refractivity contribution is 5.96. The average Bonchev–Trinajstić information content (AvgIpc) is 3.24. The molecule has 0 saturated heterocycles. The highest BCUT2D eigenvalue weighted by Crippen LogP contribution is 2.34. The third-order valence-corrected chi connectivity index (χ3v) is 7.43. The van der Waals surface area contributed by atoms with E-state index in [4.69, 9.17) is 15.7 Å². The fourth-order valence-electron chi connectivity index (χ4n) is 5.28. The summed E-state index contributed by atoms with van der Waals surface area (Å²) in [4.78, 5) is 13.3. The first-order valence-electron chi connectivity index (χ1n) is 12.5. The van der Waals surface area contributed by atoms with Crippen LogP contribution < -0.4 is 15.8 Å². The van der Waals surface area contributed by atoms with Crippen molar-refractivity contribution in [1.82, 2.24) is 15.1 Å². The van der Waals surface area contributed by atoms with Gasteiger partial charge in [-0.05, 0) is 49.9 Å². The first-order chi connectivity index (χ1) is 15.5. The fourth-order valence-corrected chi connectivity index (χ4v) is 5.28. The van der Waals surface area contributed by atoms with Crippen molar-refractivity contribution in [3.8, 4) is 5.88 Å². The van der Waals surface area contributed by atoms with Crippen molar-refractivity contribution in [3.05, 3.63) is 11.8 Å². The maximum absolute atomic E-state index is 13.3. The van der Waals surface area contributed by atoms with Crippen molar-refractivity contribution in [1.29, 1.82) is 0 Å². The Morgan fingerprint density at radius 2 is 2.00 bits per heavy atom. The van der Waals surface area contributed by atoms with Crippen LogP contribution >= 0.6 is 0 Å². The number of nitrogens with one attached hydrogen (secondary N) is 1.